The van der Waals surface area contributed by atoms with Crippen LogP contribution in [-0.2, 0) is 6.61 Å². The highest BCUT2D eigenvalue weighted by Crippen LogP contribution is 2.19. The Bertz CT molecular complexity index is 469. The van der Waals surface area contributed by atoms with Gasteiger partial charge < -0.3 is 4.74 Å². The van der Waals surface area contributed by atoms with Gasteiger partial charge in [0.2, 0.25) is 5.82 Å². The third-order valence-corrected chi connectivity index (χ3v) is 2.09. The summed E-state index contributed by atoms with van der Waals surface area (Å²) in [6.07, 6.45) is 0. The quantitative estimate of drug-likeness (QED) is 0.769. The second kappa shape index (κ2) is 4.75. The molecular formula is C13H9F2O. The van der Waals surface area contributed by atoms with Crippen LogP contribution in [0.1, 0.15) is 5.56 Å². The molecule has 0 saturated carbocycles. The summed E-state index contributed by atoms with van der Waals surface area (Å²) >= 11 is 0. The predicted molar refractivity (Wildman–Crippen MR) is 56.0 cm³/mol. The van der Waals surface area contributed by atoms with E-state index in [1.54, 1.807) is 0 Å². The molecule has 0 fully saturated rings. The average molecular weight is 219 g/mol. The normalized spacial score (nSPS) is 10.1. The molecule has 0 aromatic heterocycles. The molecule has 2 aromatic rings. The van der Waals surface area contributed by atoms with Gasteiger partial charge in [-0.15, -0.1) is 0 Å². The minimum absolute atomic E-state index is 0.0971. The minimum Gasteiger partial charge on any atom is -0.486 e. The molecule has 0 N–H and O–H groups in total. The third kappa shape index (κ3) is 2.37. The van der Waals surface area contributed by atoms with Crippen molar-refractivity contribution in [2.75, 3.05) is 0 Å². The van der Waals surface area contributed by atoms with Crippen LogP contribution >= 0.6 is 0 Å². The van der Waals surface area contributed by atoms with Crippen LogP contribution in [0.25, 0.3) is 0 Å². The first-order valence-corrected chi connectivity index (χ1v) is 4.80. The lowest BCUT2D eigenvalue weighted by atomic mass is 10.2. The lowest BCUT2D eigenvalue weighted by molar-refractivity contribution is 0.284. The standard InChI is InChI=1S/C13H9F2O/c14-11-7-4-8-12(13(11)15)16-9-10-5-2-1-3-6-10/h1-6,8H,9H2. The lowest BCUT2D eigenvalue weighted by Gasteiger charge is -2.07. The molecule has 1 nitrogen and oxygen atoms in total. The van der Waals surface area contributed by atoms with Crippen molar-refractivity contribution in [2.45, 2.75) is 6.61 Å². The minimum atomic E-state index is -1.02. The van der Waals surface area contributed by atoms with Crippen molar-refractivity contribution in [2.24, 2.45) is 0 Å². The van der Waals surface area contributed by atoms with E-state index in [0.29, 0.717) is 0 Å². The number of ether oxygens (including phenoxy) is 1. The molecule has 0 amide bonds. The Morgan fingerprint density at radius 1 is 1.06 bits per heavy atom. The van der Waals surface area contributed by atoms with E-state index in [9.17, 15) is 8.78 Å². The van der Waals surface area contributed by atoms with Crippen molar-refractivity contribution in [3.05, 3.63) is 65.7 Å². The number of halogens is 2. The molecule has 0 aliphatic carbocycles. The van der Waals surface area contributed by atoms with E-state index in [2.05, 4.69) is 6.07 Å². The summed E-state index contributed by atoms with van der Waals surface area (Å²) in [5.74, 6) is -2.12. The van der Waals surface area contributed by atoms with Gasteiger partial charge >= 0.3 is 0 Å². The summed E-state index contributed by atoms with van der Waals surface area (Å²) in [6, 6.07) is 14.0. The second-order valence-electron chi connectivity index (χ2n) is 3.24. The lowest BCUT2D eigenvalue weighted by Crippen LogP contribution is -1.98. The second-order valence-corrected chi connectivity index (χ2v) is 3.24. The molecule has 0 heterocycles. The van der Waals surface area contributed by atoms with E-state index >= 15 is 0 Å². The van der Waals surface area contributed by atoms with E-state index in [0.717, 1.165) is 5.56 Å². The van der Waals surface area contributed by atoms with Crippen molar-refractivity contribution in [1.29, 1.82) is 0 Å². The van der Waals surface area contributed by atoms with E-state index in [-0.39, 0.29) is 12.4 Å². The van der Waals surface area contributed by atoms with Crippen molar-refractivity contribution in [3.63, 3.8) is 0 Å². The smallest absolute Gasteiger partial charge is 0.201 e. The number of hydrogen-bond acceptors (Lipinski definition) is 1. The maximum absolute atomic E-state index is 13.2. The Morgan fingerprint density at radius 3 is 2.56 bits per heavy atom. The van der Waals surface area contributed by atoms with Gasteiger partial charge in [-0.3, -0.25) is 0 Å². The van der Waals surface area contributed by atoms with Crippen LogP contribution in [0.5, 0.6) is 5.75 Å². The van der Waals surface area contributed by atoms with Gasteiger partial charge in [-0.05, 0) is 17.7 Å². The number of hydrogen-bond donors (Lipinski definition) is 0. The molecule has 3 heteroatoms. The third-order valence-electron chi connectivity index (χ3n) is 2.09. The summed E-state index contributed by atoms with van der Waals surface area (Å²) in [7, 11) is 0. The van der Waals surface area contributed by atoms with Crippen LogP contribution in [-0.4, -0.2) is 0 Å². The van der Waals surface area contributed by atoms with Crippen LogP contribution in [0.15, 0.2) is 42.5 Å². The zero-order chi connectivity index (χ0) is 11.4. The maximum atomic E-state index is 13.2. The summed E-state index contributed by atoms with van der Waals surface area (Å²) in [5.41, 5.74) is 0.898. The first-order valence-electron chi connectivity index (χ1n) is 4.80. The van der Waals surface area contributed by atoms with Crippen molar-refractivity contribution in [3.8, 4) is 5.75 Å². The Kier molecular flexibility index (Phi) is 3.15. The Hall–Kier alpha value is -1.90. The Labute approximate surface area is 92.3 Å². The van der Waals surface area contributed by atoms with Gasteiger partial charge in [-0.1, -0.05) is 30.3 Å². The van der Waals surface area contributed by atoms with Gasteiger partial charge in [0.15, 0.2) is 11.6 Å². The molecule has 16 heavy (non-hydrogen) atoms. The first-order chi connectivity index (χ1) is 7.77. The zero-order valence-corrected chi connectivity index (χ0v) is 8.41. The SMILES string of the molecule is Fc1[c]ccc(OCc2ccccc2)c1F. The van der Waals surface area contributed by atoms with Crippen LogP contribution in [0.3, 0.4) is 0 Å². The molecular weight excluding hydrogens is 210 g/mol. The highest BCUT2D eigenvalue weighted by atomic mass is 19.2. The Morgan fingerprint density at radius 2 is 1.81 bits per heavy atom. The molecule has 2 aromatic carbocycles. The van der Waals surface area contributed by atoms with Crippen LogP contribution in [0.4, 0.5) is 8.78 Å². The maximum Gasteiger partial charge on any atom is 0.201 e. The molecule has 0 atom stereocenters. The van der Waals surface area contributed by atoms with Crippen molar-refractivity contribution < 1.29 is 13.5 Å². The summed E-state index contributed by atoms with van der Waals surface area (Å²) < 4.78 is 31.1. The van der Waals surface area contributed by atoms with Gasteiger partial charge in [-0.25, -0.2) is 4.39 Å². The molecule has 0 aliphatic heterocycles. The highest BCUT2D eigenvalue weighted by Gasteiger charge is 2.08. The average Bonchev–Trinajstić information content (AvgIpc) is 2.32. The molecule has 0 spiro atoms. The van der Waals surface area contributed by atoms with Crippen molar-refractivity contribution >= 4 is 0 Å². The molecule has 0 aliphatic rings. The van der Waals surface area contributed by atoms with E-state index in [4.69, 9.17) is 4.74 Å². The molecule has 81 valence electrons. The number of rotatable bonds is 3. The molecule has 0 bridgehead atoms. The van der Waals surface area contributed by atoms with Gasteiger partial charge in [0.1, 0.15) is 6.61 Å². The van der Waals surface area contributed by atoms with Gasteiger partial charge in [0, 0.05) is 6.07 Å². The Balaban J connectivity index is 2.08. The first kappa shape index (κ1) is 10.6. The molecule has 0 saturated heterocycles. The predicted octanol–water partition coefficient (Wildman–Crippen LogP) is 3.34. The summed E-state index contributed by atoms with van der Waals surface area (Å²) in [5, 5.41) is 0. The molecule has 0 unspecified atom stereocenters. The van der Waals surface area contributed by atoms with Gasteiger partial charge in [-0.2, -0.15) is 4.39 Å². The fourth-order valence-corrected chi connectivity index (χ4v) is 1.28. The largest absolute Gasteiger partial charge is 0.486 e. The monoisotopic (exact) mass is 219 g/mol. The molecule has 2 rings (SSSR count). The number of benzene rings is 2. The fourth-order valence-electron chi connectivity index (χ4n) is 1.28. The fraction of sp³-hybridized carbons (Fsp3) is 0.0769. The van der Waals surface area contributed by atoms with Crippen LogP contribution in [0, 0.1) is 17.7 Å². The van der Waals surface area contributed by atoms with Crippen molar-refractivity contribution in [1.82, 2.24) is 0 Å². The van der Waals surface area contributed by atoms with E-state index in [1.807, 2.05) is 30.3 Å². The summed E-state index contributed by atoms with van der Waals surface area (Å²) in [6.45, 7) is 0.210. The molecule has 1 radical (unpaired) electrons. The highest BCUT2D eigenvalue weighted by molar-refractivity contribution is 5.25. The van der Waals surface area contributed by atoms with Crippen LogP contribution < -0.4 is 4.74 Å². The van der Waals surface area contributed by atoms with Gasteiger partial charge in [0.25, 0.3) is 0 Å². The zero-order valence-electron chi connectivity index (χ0n) is 8.41. The topological polar surface area (TPSA) is 9.23 Å². The van der Waals surface area contributed by atoms with E-state index < -0.39 is 11.6 Å². The van der Waals surface area contributed by atoms with Gasteiger partial charge in [0.05, 0.1) is 0 Å². The van der Waals surface area contributed by atoms with Crippen LogP contribution in [0.2, 0.25) is 0 Å². The van der Waals surface area contributed by atoms with E-state index in [1.165, 1.54) is 12.1 Å². The summed E-state index contributed by atoms with van der Waals surface area (Å²) in [4.78, 5) is 0.